The first kappa shape index (κ1) is 11.8. The molecule has 0 aliphatic carbocycles. The van der Waals surface area contributed by atoms with E-state index in [4.69, 9.17) is 9.31 Å². The molecule has 1 heterocycles. The lowest BCUT2D eigenvalue weighted by molar-refractivity contribution is 0.00578. The van der Waals surface area contributed by atoms with Crippen LogP contribution in [-0.4, -0.2) is 27.7 Å². The lowest BCUT2D eigenvalue weighted by atomic mass is 9.90. The van der Waals surface area contributed by atoms with Crippen LogP contribution in [0.25, 0.3) is 0 Å². The highest BCUT2D eigenvalue weighted by Crippen LogP contribution is 2.36. The van der Waals surface area contributed by atoms with Gasteiger partial charge in [0.2, 0.25) is 0 Å². The lowest BCUT2D eigenvalue weighted by Crippen LogP contribution is -2.41. The summed E-state index contributed by atoms with van der Waals surface area (Å²) in [6.45, 7) is 8.05. The fraction of sp³-hybridized carbons (Fsp3) is 0.778. The molecule has 0 bridgehead atoms. The highest BCUT2D eigenvalue weighted by atomic mass is 28.2. The zero-order valence-electron chi connectivity index (χ0n) is 9.24. The highest BCUT2D eigenvalue weighted by molar-refractivity contribution is 6.51. The summed E-state index contributed by atoms with van der Waals surface area (Å²) in [5, 5.41) is 0. The molecule has 0 saturated carbocycles. The van der Waals surface area contributed by atoms with E-state index in [9.17, 15) is 4.46 Å². The van der Waals surface area contributed by atoms with Crippen molar-refractivity contribution in [1.82, 2.24) is 0 Å². The van der Waals surface area contributed by atoms with Crippen LogP contribution in [-0.2, 0) is 13.8 Å². The van der Waals surface area contributed by atoms with Crippen LogP contribution in [0.1, 0.15) is 27.7 Å². The van der Waals surface area contributed by atoms with Crippen molar-refractivity contribution in [3.05, 3.63) is 12.1 Å². The van der Waals surface area contributed by atoms with Gasteiger partial charge in [0.15, 0.2) is 0 Å². The average Bonchev–Trinajstić information content (AvgIpc) is 2.21. The van der Waals surface area contributed by atoms with Gasteiger partial charge in [-0.05, 0) is 27.7 Å². The summed E-state index contributed by atoms with van der Waals surface area (Å²) in [7, 11) is -1.01. The van der Waals surface area contributed by atoms with Crippen molar-refractivity contribution >= 4 is 16.5 Å². The third-order valence-electron chi connectivity index (χ3n) is 2.80. The number of allylic oxidation sites excluding steroid dienone is 1. The summed E-state index contributed by atoms with van der Waals surface area (Å²) < 4.78 is 21.7. The standard InChI is InChI=1S/C9H17BO3Si/c1-8(2)9(3,4)13-10(12-8)6-5-7-14-11/h5-6,14H,7H2,1-4H3. The normalized spacial score (nSPS) is 24.4. The Bertz CT molecular complexity index is 234. The Kier molecular flexibility index (Phi) is 3.45. The molecule has 0 aromatic heterocycles. The summed E-state index contributed by atoms with van der Waals surface area (Å²) in [6, 6.07) is 0.615. The second-order valence-electron chi connectivity index (χ2n) is 4.46. The van der Waals surface area contributed by atoms with Crippen molar-refractivity contribution in [3.8, 4) is 0 Å². The van der Waals surface area contributed by atoms with E-state index in [0.717, 1.165) is 0 Å². The third-order valence-corrected chi connectivity index (χ3v) is 3.26. The zero-order chi connectivity index (χ0) is 10.8. The van der Waals surface area contributed by atoms with Crippen molar-refractivity contribution in [2.24, 2.45) is 0 Å². The van der Waals surface area contributed by atoms with Gasteiger partial charge in [-0.25, -0.2) is 0 Å². The average molecular weight is 212 g/mol. The van der Waals surface area contributed by atoms with Crippen LogP contribution in [0.2, 0.25) is 6.04 Å². The molecule has 5 heteroatoms. The van der Waals surface area contributed by atoms with Crippen LogP contribution in [0.15, 0.2) is 12.1 Å². The van der Waals surface area contributed by atoms with Crippen LogP contribution in [0, 0.1) is 0 Å². The molecule has 0 amide bonds. The van der Waals surface area contributed by atoms with Crippen molar-refractivity contribution < 1.29 is 13.8 Å². The molecule has 0 radical (unpaired) electrons. The minimum atomic E-state index is -0.711. The molecule has 0 N–H and O–H groups in total. The molecule has 1 aliphatic heterocycles. The Morgan fingerprint density at radius 3 is 2.14 bits per heavy atom. The van der Waals surface area contributed by atoms with Crippen LogP contribution >= 0.6 is 0 Å². The molecule has 3 nitrogen and oxygen atoms in total. The zero-order valence-corrected chi connectivity index (χ0v) is 10.4. The van der Waals surface area contributed by atoms with Crippen LogP contribution in [0.5, 0.6) is 0 Å². The van der Waals surface area contributed by atoms with Gasteiger partial charge in [0.1, 0.15) is 0 Å². The minimum Gasteiger partial charge on any atom is -0.400 e. The SMILES string of the molecule is CC1(C)OB(C=CC[SiH]=O)OC1(C)C. The Labute approximate surface area is 87.9 Å². The number of rotatable bonds is 3. The second kappa shape index (κ2) is 4.08. The summed E-state index contributed by atoms with van der Waals surface area (Å²) in [4.78, 5) is 0. The molecule has 0 unspecified atom stereocenters. The van der Waals surface area contributed by atoms with Gasteiger partial charge in [0.25, 0.3) is 9.41 Å². The lowest BCUT2D eigenvalue weighted by Gasteiger charge is -2.32. The largest absolute Gasteiger partial charge is 0.486 e. The van der Waals surface area contributed by atoms with Gasteiger partial charge in [0.05, 0.1) is 11.2 Å². The maximum Gasteiger partial charge on any atom is 0.486 e. The number of hydrogen-bond acceptors (Lipinski definition) is 3. The van der Waals surface area contributed by atoms with Crippen LogP contribution in [0.3, 0.4) is 0 Å². The van der Waals surface area contributed by atoms with Crippen LogP contribution in [0.4, 0.5) is 0 Å². The van der Waals surface area contributed by atoms with E-state index in [1.807, 2.05) is 39.7 Å². The molecule has 14 heavy (non-hydrogen) atoms. The summed E-state index contributed by atoms with van der Waals surface area (Å²) >= 11 is 0. The highest BCUT2D eigenvalue weighted by Gasteiger charge is 2.49. The van der Waals surface area contributed by atoms with E-state index in [2.05, 4.69) is 0 Å². The Morgan fingerprint density at radius 2 is 1.71 bits per heavy atom. The van der Waals surface area contributed by atoms with E-state index in [1.165, 1.54) is 0 Å². The summed E-state index contributed by atoms with van der Waals surface area (Å²) in [5.74, 6) is 1.83. The summed E-state index contributed by atoms with van der Waals surface area (Å²) in [6.07, 6.45) is 1.85. The van der Waals surface area contributed by atoms with Gasteiger partial charge in [-0.1, -0.05) is 12.1 Å². The minimum absolute atomic E-state index is 0.285. The topological polar surface area (TPSA) is 35.5 Å². The fourth-order valence-corrected chi connectivity index (χ4v) is 1.48. The third kappa shape index (κ3) is 2.40. The van der Waals surface area contributed by atoms with E-state index in [-0.39, 0.29) is 18.3 Å². The molecule has 1 rings (SSSR count). The van der Waals surface area contributed by atoms with Gasteiger partial charge in [-0.15, -0.1) is 0 Å². The van der Waals surface area contributed by atoms with Crippen molar-refractivity contribution in [2.45, 2.75) is 44.9 Å². The second-order valence-corrected chi connectivity index (χ2v) is 5.26. The van der Waals surface area contributed by atoms with Gasteiger partial charge < -0.3 is 13.8 Å². The maximum atomic E-state index is 10.3. The first-order valence-corrected chi connectivity index (χ1v) is 6.14. The molecule has 78 valence electrons. The predicted molar refractivity (Wildman–Crippen MR) is 57.9 cm³/mol. The molecular formula is C9H17BO3Si. The molecule has 0 aromatic rings. The molecular weight excluding hydrogens is 195 g/mol. The predicted octanol–water partition coefficient (Wildman–Crippen LogP) is 1.37. The summed E-state index contributed by atoms with van der Waals surface area (Å²) in [5.41, 5.74) is -0.571. The van der Waals surface area contributed by atoms with E-state index < -0.39 is 9.41 Å². The Morgan fingerprint density at radius 1 is 1.21 bits per heavy atom. The van der Waals surface area contributed by atoms with Gasteiger partial charge in [0, 0.05) is 6.04 Å². The smallest absolute Gasteiger partial charge is 0.400 e. The first-order chi connectivity index (χ1) is 6.39. The van der Waals surface area contributed by atoms with Crippen molar-refractivity contribution in [3.63, 3.8) is 0 Å². The van der Waals surface area contributed by atoms with Crippen molar-refractivity contribution in [1.29, 1.82) is 0 Å². The monoisotopic (exact) mass is 212 g/mol. The maximum absolute atomic E-state index is 10.3. The number of hydrogen-bond donors (Lipinski definition) is 0. The molecule has 1 aliphatic rings. The molecule has 0 aromatic carbocycles. The van der Waals surface area contributed by atoms with Crippen LogP contribution < -0.4 is 0 Å². The van der Waals surface area contributed by atoms with E-state index in [0.29, 0.717) is 6.04 Å². The van der Waals surface area contributed by atoms with Gasteiger partial charge in [-0.2, -0.15) is 0 Å². The molecule has 1 fully saturated rings. The van der Waals surface area contributed by atoms with Gasteiger partial charge >= 0.3 is 7.12 Å². The van der Waals surface area contributed by atoms with Gasteiger partial charge in [-0.3, -0.25) is 0 Å². The van der Waals surface area contributed by atoms with E-state index in [1.54, 1.807) is 0 Å². The quantitative estimate of drug-likeness (QED) is 0.663. The molecule has 1 saturated heterocycles. The fourth-order valence-electron chi connectivity index (χ4n) is 1.21. The Balaban J connectivity index is 2.59. The molecule has 0 atom stereocenters. The molecule has 0 spiro atoms. The van der Waals surface area contributed by atoms with Crippen molar-refractivity contribution in [2.75, 3.05) is 0 Å². The first-order valence-electron chi connectivity index (χ1n) is 4.85. The van der Waals surface area contributed by atoms with E-state index >= 15 is 0 Å². The Hall–Kier alpha value is -0.258.